The van der Waals surface area contributed by atoms with Crippen LogP contribution in [0.1, 0.15) is 37.8 Å². The number of hydrogen-bond acceptors (Lipinski definition) is 1. The monoisotopic (exact) mass is 189 g/mol. The zero-order valence-corrected chi connectivity index (χ0v) is 8.87. The highest BCUT2D eigenvalue weighted by Gasteiger charge is 2.16. The molecule has 1 nitrogen and oxygen atoms in total. The molecule has 2 rings (SSSR count). The summed E-state index contributed by atoms with van der Waals surface area (Å²) >= 11 is 0. The summed E-state index contributed by atoms with van der Waals surface area (Å²) in [5.41, 5.74) is 1.45. The first-order valence-electron chi connectivity index (χ1n) is 5.64. The summed E-state index contributed by atoms with van der Waals surface area (Å²) < 4.78 is 0. The maximum atomic E-state index is 3.63. The van der Waals surface area contributed by atoms with Crippen LogP contribution < -0.4 is 5.32 Å². The van der Waals surface area contributed by atoms with Gasteiger partial charge in [-0.3, -0.25) is 0 Å². The van der Waals surface area contributed by atoms with Crippen molar-refractivity contribution in [3.63, 3.8) is 0 Å². The van der Waals surface area contributed by atoms with Crippen molar-refractivity contribution in [1.82, 2.24) is 5.32 Å². The molecule has 1 aromatic rings. The second-order valence-corrected chi connectivity index (χ2v) is 4.39. The predicted octanol–water partition coefficient (Wildman–Crippen LogP) is 3.14. The molecule has 1 heteroatoms. The van der Waals surface area contributed by atoms with Gasteiger partial charge in [-0.05, 0) is 37.3 Å². The molecule has 1 aromatic carbocycles. The molecule has 1 heterocycles. The van der Waals surface area contributed by atoms with Crippen LogP contribution in [0.25, 0.3) is 0 Å². The van der Waals surface area contributed by atoms with E-state index in [0.29, 0.717) is 6.04 Å². The predicted molar refractivity (Wildman–Crippen MR) is 60.2 cm³/mol. The molecule has 0 spiro atoms. The highest BCUT2D eigenvalue weighted by molar-refractivity contribution is 5.18. The number of nitrogens with one attached hydrogen (secondary N) is 1. The molecule has 1 fully saturated rings. The van der Waals surface area contributed by atoms with Gasteiger partial charge in [0.1, 0.15) is 0 Å². The average molecular weight is 189 g/mol. The summed E-state index contributed by atoms with van der Waals surface area (Å²) in [6, 6.07) is 11.4. The third-order valence-electron chi connectivity index (χ3n) is 3.18. The standard InChI is InChI=1S/C13H19N/c1-11-7-8-13(14-10-9-11)12-5-3-2-4-6-12/h2-6,11,13-14H,7-10H2,1H3/t11-,13+/m1/s1. The molecule has 0 amide bonds. The van der Waals surface area contributed by atoms with Gasteiger partial charge in [0.15, 0.2) is 0 Å². The topological polar surface area (TPSA) is 12.0 Å². The number of hydrogen-bond donors (Lipinski definition) is 1. The van der Waals surface area contributed by atoms with Gasteiger partial charge in [-0.1, -0.05) is 37.3 Å². The molecule has 0 saturated carbocycles. The zero-order chi connectivity index (χ0) is 9.80. The highest BCUT2D eigenvalue weighted by atomic mass is 14.9. The van der Waals surface area contributed by atoms with E-state index in [4.69, 9.17) is 0 Å². The lowest BCUT2D eigenvalue weighted by molar-refractivity contribution is 0.502. The van der Waals surface area contributed by atoms with Gasteiger partial charge in [0.25, 0.3) is 0 Å². The van der Waals surface area contributed by atoms with Gasteiger partial charge < -0.3 is 5.32 Å². The van der Waals surface area contributed by atoms with E-state index in [1.807, 2.05) is 0 Å². The first-order valence-corrected chi connectivity index (χ1v) is 5.64. The van der Waals surface area contributed by atoms with Gasteiger partial charge in [-0.2, -0.15) is 0 Å². The van der Waals surface area contributed by atoms with E-state index in [-0.39, 0.29) is 0 Å². The van der Waals surface area contributed by atoms with Crippen LogP contribution in [0.3, 0.4) is 0 Å². The molecule has 0 aromatic heterocycles. The van der Waals surface area contributed by atoms with Gasteiger partial charge in [0, 0.05) is 6.04 Å². The van der Waals surface area contributed by atoms with Crippen LogP contribution >= 0.6 is 0 Å². The fourth-order valence-electron chi connectivity index (χ4n) is 2.17. The molecule has 1 N–H and O–H groups in total. The van der Waals surface area contributed by atoms with Crippen LogP contribution in [0.2, 0.25) is 0 Å². The summed E-state index contributed by atoms with van der Waals surface area (Å²) in [5.74, 6) is 0.885. The van der Waals surface area contributed by atoms with Gasteiger partial charge in [-0.25, -0.2) is 0 Å². The van der Waals surface area contributed by atoms with Crippen LogP contribution in [0.5, 0.6) is 0 Å². The molecule has 1 aliphatic rings. The lowest BCUT2D eigenvalue weighted by Crippen LogP contribution is -2.20. The van der Waals surface area contributed by atoms with Crippen molar-refractivity contribution in [3.8, 4) is 0 Å². The Labute approximate surface area is 86.5 Å². The van der Waals surface area contributed by atoms with Crippen LogP contribution in [-0.4, -0.2) is 6.54 Å². The maximum Gasteiger partial charge on any atom is 0.0320 e. The SMILES string of the molecule is C[C@H]1CCN[C@H](c2ccccc2)CC1. The van der Waals surface area contributed by atoms with Gasteiger partial charge in [-0.15, -0.1) is 0 Å². The lowest BCUT2D eigenvalue weighted by atomic mass is 9.98. The third kappa shape index (κ3) is 2.36. The molecular formula is C13H19N. The lowest BCUT2D eigenvalue weighted by Gasteiger charge is -2.15. The van der Waals surface area contributed by atoms with Crippen LogP contribution in [0.4, 0.5) is 0 Å². The largest absolute Gasteiger partial charge is 0.310 e. The smallest absolute Gasteiger partial charge is 0.0320 e. The Bertz CT molecular complexity index is 268. The quantitative estimate of drug-likeness (QED) is 0.715. The van der Waals surface area contributed by atoms with Gasteiger partial charge >= 0.3 is 0 Å². The molecule has 1 saturated heterocycles. The van der Waals surface area contributed by atoms with Crippen molar-refractivity contribution >= 4 is 0 Å². The van der Waals surface area contributed by atoms with E-state index in [1.165, 1.54) is 31.4 Å². The first kappa shape index (κ1) is 9.72. The summed E-state index contributed by atoms with van der Waals surface area (Å²) in [6.45, 7) is 3.52. The number of rotatable bonds is 1. The van der Waals surface area contributed by atoms with Gasteiger partial charge in [0.05, 0.1) is 0 Å². The Hall–Kier alpha value is -0.820. The van der Waals surface area contributed by atoms with E-state index in [1.54, 1.807) is 0 Å². The van der Waals surface area contributed by atoms with Crippen molar-refractivity contribution in [2.45, 2.75) is 32.2 Å². The summed E-state index contributed by atoms with van der Waals surface area (Å²) in [5, 5.41) is 3.63. The summed E-state index contributed by atoms with van der Waals surface area (Å²) in [4.78, 5) is 0. The molecular weight excluding hydrogens is 170 g/mol. The maximum absolute atomic E-state index is 3.63. The van der Waals surface area contributed by atoms with E-state index < -0.39 is 0 Å². The van der Waals surface area contributed by atoms with Crippen molar-refractivity contribution in [2.24, 2.45) is 5.92 Å². The minimum atomic E-state index is 0.584. The molecule has 0 bridgehead atoms. The van der Waals surface area contributed by atoms with Crippen molar-refractivity contribution in [2.75, 3.05) is 6.54 Å². The van der Waals surface area contributed by atoms with Crippen molar-refractivity contribution in [3.05, 3.63) is 35.9 Å². The Morgan fingerprint density at radius 3 is 2.64 bits per heavy atom. The highest BCUT2D eigenvalue weighted by Crippen LogP contribution is 2.24. The third-order valence-corrected chi connectivity index (χ3v) is 3.18. The fraction of sp³-hybridized carbons (Fsp3) is 0.538. The fourth-order valence-corrected chi connectivity index (χ4v) is 2.17. The van der Waals surface area contributed by atoms with Crippen LogP contribution in [0, 0.1) is 5.92 Å². The second kappa shape index (κ2) is 4.61. The van der Waals surface area contributed by atoms with E-state index in [2.05, 4.69) is 42.6 Å². The number of benzene rings is 1. The summed E-state index contributed by atoms with van der Waals surface area (Å²) in [7, 11) is 0. The molecule has 2 atom stereocenters. The molecule has 0 unspecified atom stereocenters. The Morgan fingerprint density at radius 1 is 1.07 bits per heavy atom. The van der Waals surface area contributed by atoms with Gasteiger partial charge in [0.2, 0.25) is 0 Å². The Balaban J connectivity index is 2.04. The van der Waals surface area contributed by atoms with E-state index in [0.717, 1.165) is 5.92 Å². The normalized spacial score (nSPS) is 28.4. The van der Waals surface area contributed by atoms with Crippen molar-refractivity contribution < 1.29 is 0 Å². The minimum absolute atomic E-state index is 0.584. The molecule has 0 aliphatic carbocycles. The Morgan fingerprint density at radius 2 is 1.86 bits per heavy atom. The second-order valence-electron chi connectivity index (χ2n) is 4.39. The van der Waals surface area contributed by atoms with E-state index >= 15 is 0 Å². The van der Waals surface area contributed by atoms with Crippen LogP contribution in [0.15, 0.2) is 30.3 Å². The summed E-state index contributed by atoms with van der Waals surface area (Å²) in [6.07, 6.45) is 3.96. The molecule has 14 heavy (non-hydrogen) atoms. The Kier molecular flexibility index (Phi) is 3.20. The van der Waals surface area contributed by atoms with Crippen LogP contribution in [-0.2, 0) is 0 Å². The molecule has 76 valence electrons. The zero-order valence-electron chi connectivity index (χ0n) is 8.87. The molecule has 1 aliphatic heterocycles. The molecule has 0 radical (unpaired) electrons. The average Bonchev–Trinajstić information content (AvgIpc) is 2.44. The van der Waals surface area contributed by atoms with Crippen molar-refractivity contribution in [1.29, 1.82) is 0 Å². The first-order chi connectivity index (χ1) is 6.86. The minimum Gasteiger partial charge on any atom is -0.310 e. The van der Waals surface area contributed by atoms with E-state index in [9.17, 15) is 0 Å².